The average molecular weight is 544 g/mol. The molecule has 5 nitrogen and oxygen atoms in total. The number of carbonyl (C=O) groups is 2. The Labute approximate surface area is 237 Å². The van der Waals surface area contributed by atoms with E-state index in [0.717, 1.165) is 44.5 Å². The molecule has 1 fully saturated rings. The topological polar surface area (TPSA) is 43.9 Å². The van der Waals surface area contributed by atoms with Crippen LogP contribution in [0.5, 0.6) is 0 Å². The number of thiophene rings is 1. The summed E-state index contributed by atoms with van der Waals surface area (Å²) in [6, 6.07) is 21.3. The maximum Gasteiger partial charge on any atom is 0.253 e. The maximum absolute atomic E-state index is 13.3. The number of rotatable bonds is 9. The fraction of sp³-hybridized carbons (Fsp3) is 0.455. The van der Waals surface area contributed by atoms with Gasteiger partial charge < -0.3 is 9.80 Å². The van der Waals surface area contributed by atoms with Crippen LogP contribution in [0.25, 0.3) is 0 Å². The van der Waals surface area contributed by atoms with Crippen LogP contribution >= 0.6 is 11.3 Å². The third kappa shape index (κ3) is 6.79. The number of fused-ring (bicyclic) bond motifs is 1. The lowest BCUT2D eigenvalue weighted by atomic mass is 9.93. The van der Waals surface area contributed by atoms with Gasteiger partial charge in [0, 0.05) is 56.1 Å². The van der Waals surface area contributed by atoms with Gasteiger partial charge in [-0.15, -0.1) is 11.3 Å². The van der Waals surface area contributed by atoms with Crippen LogP contribution in [-0.4, -0.2) is 65.8 Å². The van der Waals surface area contributed by atoms with Gasteiger partial charge in [0.2, 0.25) is 5.91 Å². The summed E-state index contributed by atoms with van der Waals surface area (Å²) in [6.07, 6.45) is 7.10. The summed E-state index contributed by atoms with van der Waals surface area (Å²) in [5, 5.41) is 2.20. The summed E-state index contributed by atoms with van der Waals surface area (Å²) < 4.78 is 0. The fourth-order valence-corrected chi connectivity index (χ4v) is 6.88. The van der Waals surface area contributed by atoms with E-state index in [9.17, 15) is 9.59 Å². The molecule has 1 saturated heterocycles. The lowest BCUT2D eigenvalue weighted by Gasteiger charge is -2.36. The van der Waals surface area contributed by atoms with E-state index in [-0.39, 0.29) is 17.9 Å². The molecule has 0 bridgehead atoms. The highest BCUT2D eigenvalue weighted by atomic mass is 32.1. The molecule has 1 unspecified atom stereocenters. The molecular weight excluding hydrogens is 502 g/mol. The predicted molar refractivity (Wildman–Crippen MR) is 159 cm³/mol. The van der Waals surface area contributed by atoms with Crippen molar-refractivity contribution in [3.8, 4) is 0 Å². The van der Waals surface area contributed by atoms with Crippen LogP contribution in [0.1, 0.15) is 77.0 Å². The van der Waals surface area contributed by atoms with Crippen molar-refractivity contribution in [2.24, 2.45) is 0 Å². The highest BCUT2D eigenvalue weighted by Crippen LogP contribution is 2.37. The van der Waals surface area contributed by atoms with Gasteiger partial charge >= 0.3 is 0 Å². The van der Waals surface area contributed by atoms with Crippen molar-refractivity contribution in [3.05, 3.63) is 93.2 Å². The minimum atomic E-state index is 0.0787. The van der Waals surface area contributed by atoms with E-state index in [1.54, 1.807) is 0 Å². The van der Waals surface area contributed by atoms with Gasteiger partial charge in [-0.2, -0.15) is 0 Å². The molecule has 2 aliphatic heterocycles. The third-order valence-electron chi connectivity index (χ3n) is 8.20. The molecule has 0 saturated carbocycles. The molecule has 39 heavy (non-hydrogen) atoms. The summed E-state index contributed by atoms with van der Waals surface area (Å²) in [4.78, 5) is 34.4. The van der Waals surface area contributed by atoms with Gasteiger partial charge in [0.15, 0.2) is 0 Å². The van der Waals surface area contributed by atoms with Crippen molar-refractivity contribution >= 4 is 23.2 Å². The number of carbonyl (C=O) groups excluding carboxylic acids is 2. The molecule has 1 aromatic heterocycles. The summed E-state index contributed by atoms with van der Waals surface area (Å²) in [7, 11) is 0. The molecule has 0 N–H and O–H groups in total. The fourth-order valence-electron chi connectivity index (χ4n) is 5.98. The molecule has 5 rings (SSSR count). The predicted octanol–water partition coefficient (Wildman–Crippen LogP) is 6.19. The Morgan fingerprint density at radius 3 is 2.44 bits per heavy atom. The number of aryl methyl sites for hydroxylation is 1. The normalized spacial score (nSPS) is 18.0. The van der Waals surface area contributed by atoms with Gasteiger partial charge in [0.25, 0.3) is 5.91 Å². The SMILES string of the molecule is CCCCCc1ccc(C(=O)N2CCCN(C(=O)CCN3CCc4sccc4C3c3ccccc3)CC2)cc1. The van der Waals surface area contributed by atoms with E-state index < -0.39 is 0 Å². The average Bonchev–Trinajstić information content (AvgIpc) is 3.32. The molecule has 3 heterocycles. The van der Waals surface area contributed by atoms with Crippen LogP contribution in [0.15, 0.2) is 66.0 Å². The van der Waals surface area contributed by atoms with Crippen molar-refractivity contribution in [1.82, 2.24) is 14.7 Å². The van der Waals surface area contributed by atoms with Crippen LogP contribution in [-0.2, 0) is 17.6 Å². The highest BCUT2D eigenvalue weighted by Gasteiger charge is 2.30. The second-order valence-corrected chi connectivity index (χ2v) is 11.8. The largest absolute Gasteiger partial charge is 0.341 e. The first-order valence-corrected chi connectivity index (χ1v) is 15.5. The van der Waals surface area contributed by atoms with Crippen molar-refractivity contribution in [2.75, 3.05) is 39.3 Å². The Morgan fingerprint density at radius 2 is 1.64 bits per heavy atom. The van der Waals surface area contributed by atoms with Crippen LogP contribution in [0.4, 0.5) is 0 Å². The molecule has 0 aliphatic carbocycles. The van der Waals surface area contributed by atoms with E-state index in [1.807, 2.05) is 33.3 Å². The number of hydrogen-bond acceptors (Lipinski definition) is 4. The Balaban J connectivity index is 1.15. The summed E-state index contributed by atoms with van der Waals surface area (Å²) in [6.45, 7) is 6.55. The smallest absolute Gasteiger partial charge is 0.253 e. The molecule has 0 radical (unpaired) electrons. The van der Waals surface area contributed by atoms with Crippen LogP contribution in [0, 0.1) is 0 Å². The summed E-state index contributed by atoms with van der Waals surface area (Å²) in [5.41, 5.74) is 4.73. The van der Waals surface area contributed by atoms with Crippen molar-refractivity contribution in [2.45, 2.75) is 57.9 Å². The lowest BCUT2D eigenvalue weighted by Crippen LogP contribution is -2.40. The maximum atomic E-state index is 13.3. The van der Waals surface area contributed by atoms with E-state index >= 15 is 0 Å². The molecule has 2 amide bonds. The van der Waals surface area contributed by atoms with Gasteiger partial charge in [0.1, 0.15) is 0 Å². The standard InChI is InChI=1S/C33H41N3O2S/c1-2-3-5-9-26-12-14-28(15-13-26)33(38)36-20-8-19-34(23-24-36)31(37)17-22-35-21-16-30-29(18-25-39-30)32(35)27-10-6-4-7-11-27/h4,6-7,10-15,18,25,32H,2-3,5,8-9,16-17,19-24H2,1H3. The molecule has 3 aromatic rings. The minimum Gasteiger partial charge on any atom is -0.341 e. The molecule has 2 aliphatic rings. The van der Waals surface area contributed by atoms with E-state index in [1.165, 1.54) is 40.8 Å². The second-order valence-electron chi connectivity index (χ2n) is 10.8. The van der Waals surface area contributed by atoms with Crippen LogP contribution in [0.2, 0.25) is 0 Å². The number of amides is 2. The van der Waals surface area contributed by atoms with Crippen LogP contribution in [0.3, 0.4) is 0 Å². The van der Waals surface area contributed by atoms with Crippen molar-refractivity contribution in [3.63, 3.8) is 0 Å². The van der Waals surface area contributed by atoms with Gasteiger partial charge in [-0.1, -0.05) is 62.2 Å². The quantitative estimate of drug-likeness (QED) is 0.302. The Bertz CT molecular complexity index is 1220. The van der Waals surface area contributed by atoms with Crippen molar-refractivity contribution < 1.29 is 9.59 Å². The number of nitrogens with zero attached hydrogens (tertiary/aromatic N) is 3. The highest BCUT2D eigenvalue weighted by molar-refractivity contribution is 7.10. The summed E-state index contributed by atoms with van der Waals surface area (Å²) >= 11 is 1.85. The van der Waals surface area contributed by atoms with E-state index in [4.69, 9.17) is 0 Å². The van der Waals surface area contributed by atoms with Crippen molar-refractivity contribution in [1.29, 1.82) is 0 Å². The van der Waals surface area contributed by atoms with E-state index in [0.29, 0.717) is 26.1 Å². The van der Waals surface area contributed by atoms with Gasteiger partial charge in [-0.25, -0.2) is 0 Å². The summed E-state index contributed by atoms with van der Waals surface area (Å²) in [5.74, 6) is 0.277. The molecule has 206 valence electrons. The minimum absolute atomic E-state index is 0.0787. The second kappa shape index (κ2) is 13.4. The Hall–Kier alpha value is -2.96. The zero-order valence-corrected chi connectivity index (χ0v) is 24.0. The van der Waals surface area contributed by atoms with E-state index in [2.05, 4.69) is 65.7 Å². The number of unbranched alkanes of at least 4 members (excludes halogenated alkanes) is 2. The van der Waals surface area contributed by atoms with Gasteiger partial charge in [-0.05, 0) is 66.0 Å². The third-order valence-corrected chi connectivity index (χ3v) is 9.20. The molecular formula is C33H41N3O2S. The first-order chi connectivity index (χ1) is 19.1. The number of benzene rings is 2. The Morgan fingerprint density at radius 1 is 0.872 bits per heavy atom. The molecule has 2 aromatic carbocycles. The molecule has 1 atom stereocenters. The lowest BCUT2D eigenvalue weighted by molar-refractivity contribution is -0.131. The number of hydrogen-bond donors (Lipinski definition) is 0. The first-order valence-electron chi connectivity index (χ1n) is 14.7. The molecule has 6 heteroatoms. The molecule has 0 spiro atoms. The zero-order chi connectivity index (χ0) is 27.0. The van der Waals surface area contributed by atoms with Crippen LogP contribution < -0.4 is 0 Å². The zero-order valence-electron chi connectivity index (χ0n) is 23.2. The Kier molecular flexibility index (Phi) is 9.49. The van der Waals surface area contributed by atoms with Gasteiger partial charge in [0.05, 0.1) is 6.04 Å². The van der Waals surface area contributed by atoms with Gasteiger partial charge in [-0.3, -0.25) is 14.5 Å². The monoisotopic (exact) mass is 543 g/mol. The first kappa shape index (κ1) is 27.6.